The predicted octanol–water partition coefficient (Wildman–Crippen LogP) is -2.01. The number of hydrazine groups is 1. The van der Waals surface area contributed by atoms with Crippen molar-refractivity contribution < 1.29 is 19.5 Å². The highest BCUT2D eigenvalue weighted by atomic mass is 16.4. The Labute approximate surface area is 61.8 Å². The van der Waals surface area contributed by atoms with Crippen LogP contribution in [0.3, 0.4) is 0 Å². The van der Waals surface area contributed by atoms with Gasteiger partial charge in [-0.05, 0) is 0 Å². The lowest BCUT2D eigenvalue weighted by Gasteiger charge is -2.06. The minimum absolute atomic E-state index is 0.822. The number of carbonyl (C=O) groups excluding carboxylic acids is 2. The SMILES string of the molecule is CN1NC(C(=O)O)C(=O)C1=O. The zero-order valence-corrected chi connectivity index (χ0v) is 5.70. The van der Waals surface area contributed by atoms with Crippen molar-refractivity contribution in [2.45, 2.75) is 6.04 Å². The van der Waals surface area contributed by atoms with Crippen molar-refractivity contribution in [3.8, 4) is 0 Å². The van der Waals surface area contributed by atoms with Crippen LogP contribution >= 0.6 is 0 Å². The maximum atomic E-state index is 10.7. The Morgan fingerprint density at radius 2 is 2.18 bits per heavy atom. The van der Waals surface area contributed by atoms with E-state index in [9.17, 15) is 14.4 Å². The molecule has 0 spiro atoms. The normalized spacial score (nSPS) is 24.5. The number of carboxylic acid groups (broad SMARTS) is 1. The van der Waals surface area contributed by atoms with Crippen LogP contribution < -0.4 is 5.43 Å². The fourth-order valence-electron chi connectivity index (χ4n) is 0.767. The quantitative estimate of drug-likeness (QED) is 0.340. The van der Waals surface area contributed by atoms with E-state index < -0.39 is 23.7 Å². The summed E-state index contributed by atoms with van der Waals surface area (Å²) in [6.07, 6.45) is 0. The van der Waals surface area contributed by atoms with Crippen molar-refractivity contribution in [1.82, 2.24) is 10.4 Å². The molecule has 60 valence electrons. The molecule has 0 saturated carbocycles. The Morgan fingerprint density at radius 3 is 2.36 bits per heavy atom. The average molecular weight is 158 g/mol. The largest absolute Gasteiger partial charge is 0.480 e. The van der Waals surface area contributed by atoms with Gasteiger partial charge in [0.1, 0.15) is 0 Å². The van der Waals surface area contributed by atoms with Crippen LogP contribution in [0.1, 0.15) is 0 Å². The maximum absolute atomic E-state index is 10.7. The van der Waals surface area contributed by atoms with E-state index in [-0.39, 0.29) is 0 Å². The van der Waals surface area contributed by atoms with Crippen LogP contribution in [-0.4, -0.2) is 40.9 Å². The molecule has 0 radical (unpaired) electrons. The number of carbonyl (C=O) groups is 3. The summed E-state index contributed by atoms with van der Waals surface area (Å²) in [4.78, 5) is 31.6. The Kier molecular flexibility index (Phi) is 1.61. The zero-order valence-electron chi connectivity index (χ0n) is 5.70. The summed E-state index contributed by atoms with van der Waals surface area (Å²) in [5.74, 6) is -3.09. The van der Waals surface area contributed by atoms with Gasteiger partial charge in [0.15, 0.2) is 6.04 Å². The first kappa shape index (κ1) is 7.67. The number of hydrogen-bond donors (Lipinski definition) is 2. The zero-order chi connectivity index (χ0) is 8.59. The monoisotopic (exact) mass is 158 g/mol. The van der Waals surface area contributed by atoms with Crippen LogP contribution in [-0.2, 0) is 14.4 Å². The summed E-state index contributed by atoms with van der Waals surface area (Å²) in [6, 6.07) is -1.41. The lowest BCUT2D eigenvalue weighted by molar-refractivity contribution is -0.145. The van der Waals surface area contributed by atoms with E-state index in [0.717, 1.165) is 5.01 Å². The maximum Gasteiger partial charge on any atom is 0.330 e. The van der Waals surface area contributed by atoms with Gasteiger partial charge in [-0.3, -0.25) is 14.6 Å². The van der Waals surface area contributed by atoms with Gasteiger partial charge in [0.05, 0.1) is 0 Å². The molecule has 11 heavy (non-hydrogen) atoms. The summed E-state index contributed by atoms with van der Waals surface area (Å²) in [5.41, 5.74) is 2.19. The number of nitrogens with zero attached hydrogens (tertiary/aromatic N) is 1. The van der Waals surface area contributed by atoms with Crippen molar-refractivity contribution in [3.63, 3.8) is 0 Å². The lowest BCUT2D eigenvalue weighted by atomic mass is 10.2. The molecule has 0 aromatic heterocycles. The first-order valence-corrected chi connectivity index (χ1v) is 2.85. The number of carboxylic acids is 1. The molecule has 0 aromatic rings. The molecule has 2 N–H and O–H groups in total. The standard InChI is InChI=1S/C5H6N2O4/c1-7-4(9)3(8)2(6-7)5(10)11/h2,6H,1H3,(H,10,11). The highest BCUT2D eigenvalue weighted by Gasteiger charge is 2.41. The first-order valence-electron chi connectivity index (χ1n) is 2.85. The molecule has 1 heterocycles. The van der Waals surface area contributed by atoms with Crippen LogP contribution in [0, 0.1) is 0 Å². The van der Waals surface area contributed by atoms with E-state index >= 15 is 0 Å². The highest BCUT2D eigenvalue weighted by Crippen LogP contribution is 2.00. The second-order valence-electron chi connectivity index (χ2n) is 2.13. The number of aliphatic carboxylic acids is 1. The molecule has 1 aliphatic rings. The minimum atomic E-state index is -1.41. The third kappa shape index (κ3) is 1.07. The number of ketones is 1. The van der Waals surface area contributed by atoms with Gasteiger partial charge in [0.2, 0.25) is 0 Å². The van der Waals surface area contributed by atoms with Gasteiger partial charge in [-0.1, -0.05) is 0 Å². The van der Waals surface area contributed by atoms with Crippen LogP contribution in [0.25, 0.3) is 0 Å². The molecule has 1 amide bonds. The molecule has 0 aromatic carbocycles. The molecule has 1 saturated heterocycles. The number of Topliss-reactive ketones (excluding diaryl/α,β-unsaturated/α-hetero) is 1. The molecule has 6 heteroatoms. The van der Waals surface area contributed by atoms with E-state index in [1.807, 2.05) is 0 Å². The number of rotatable bonds is 1. The van der Waals surface area contributed by atoms with Gasteiger partial charge in [-0.15, -0.1) is 0 Å². The van der Waals surface area contributed by atoms with Crippen molar-refractivity contribution in [2.75, 3.05) is 7.05 Å². The molecule has 1 atom stereocenters. The smallest absolute Gasteiger partial charge is 0.330 e. The molecule has 6 nitrogen and oxygen atoms in total. The molecule has 1 aliphatic heterocycles. The second kappa shape index (κ2) is 2.31. The van der Waals surface area contributed by atoms with E-state index in [2.05, 4.69) is 5.43 Å². The molecule has 1 rings (SSSR count). The van der Waals surface area contributed by atoms with E-state index in [1.54, 1.807) is 0 Å². The average Bonchev–Trinajstić information content (AvgIpc) is 2.17. The topological polar surface area (TPSA) is 86.7 Å². The first-order chi connectivity index (χ1) is 5.04. The fourth-order valence-corrected chi connectivity index (χ4v) is 0.767. The van der Waals surface area contributed by atoms with Crippen molar-refractivity contribution in [1.29, 1.82) is 0 Å². The van der Waals surface area contributed by atoms with Crippen molar-refractivity contribution in [3.05, 3.63) is 0 Å². The van der Waals surface area contributed by atoms with E-state index in [1.165, 1.54) is 7.05 Å². The van der Waals surface area contributed by atoms with Crippen molar-refractivity contribution >= 4 is 17.7 Å². The molecule has 1 unspecified atom stereocenters. The summed E-state index contributed by atoms with van der Waals surface area (Å²) < 4.78 is 0. The highest BCUT2D eigenvalue weighted by molar-refractivity contribution is 6.43. The Bertz CT molecular complexity index is 237. The van der Waals surface area contributed by atoms with Gasteiger partial charge < -0.3 is 5.11 Å². The minimum Gasteiger partial charge on any atom is -0.480 e. The van der Waals surface area contributed by atoms with Gasteiger partial charge >= 0.3 is 11.9 Å². The van der Waals surface area contributed by atoms with Crippen LogP contribution in [0.4, 0.5) is 0 Å². The predicted molar refractivity (Wildman–Crippen MR) is 32.3 cm³/mol. The molecule has 1 fully saturated rings. The summed E-state index contributed by atoms with van der Waals surface area (Å²) in [6.45, 7) is 0. The number of hydrogen-bond acceptors (Lipinski definition) is 4. The fraction of sp³-hybridized carbons (Fsp3) is 0.400. The number of amides is 1. The molecule has 0 bridgehead atoms. The molecular weight excluding hydrogens is 152 g/mol. The summed E-state index contributed by atoms with van der Waals surface area (Å²) in [7, 11) is 1.29. The summed E-state index contributed by atoms with van der Waals surface area (Å²) in [5, 5.41) is 9.22. The van der Waals surface area contributed by atoms with Crippen molar-refractivity contribution in [2.24, 2.45) is 0 Å². The number of nitrogens with one attached hydrogen (secondary N) is 1. The van der Waals surface area contributed by atoms with E-state index in [4.69, 9.17) is 5.11 Å². The Balaban J connectivity index is 2.83. The van der Waals surface area contributed by atoms with Gasteiger partial charge in [-0.2, -0.15) is 0 Å². The third-order valence-electron chi connectivity index (χ3n) is 1.35. The van der Waals surface area contributed by atoms with E-state index in [0.29, 0.717) is 0 Å². The number of likely N-dealkylation sites (N-methyl/N-ethyl adjacent to an activating group) is 1. The van der Waals surface area contributed by atoms with Gasteiger partial charge in [0.25, 0.3) is 5.78 Å². The molecule has 0 aliphatic carbocycles. The third-order valence-corrected chi connectivity index (χ3v) is 1.35. The van der Waals surface area contributed by atoms with Crippen LogP contribution in [0.2, 0.25) is 0 Å². The van der Waals surface area contributed by atoms with Gasteiger partial charge in [0, 0.05) is 7.05 Å². The Morgan fingerprint density at radius 1 is 1.64 bits per heavy atom. The lowest BCUT2D eigenvalue weighted by Crippen LogP contribution is -2.39. The van der Waals surface area contributed by atoms with Crippen LogP contribution in [0.15, 0.2) is 0 Å². The van der Waals surface area contributed by atoms with Crippen LogP contribution in [0.5, 0.6) is 0 Å². The second-order valence-corrected chi connectivity index (χ2v) is 2.13. The summed E-state index contributed by atoms with van der Waals surface area (Å²) >= 11 is 0. The Hall–Kier alpha value is -1.43. The molecular formula is C5H6N2O4. The van der Waals surface area contributed by atoms with Gasteiger partial charge in [-0.25, -0.2) is 10.2 Å².